The first-order chi connectivity index (χ1) is 20.6. The highest BCUT2D eigenvalue weighted by Crippen LogP contribution is 2.48. The Morgan fingerprint density at radius 3 is 2.74 bits per heavy atom. The monoisotopic (exact) mass is 628 g/mol. The second kappa shape index (κ2) is 11.7. The van der Waals surface area contributed by atoms with Gasteiger partial charge in [-0.3, -0.25) is 4.79 Å². The summed E-state index contributed by atoms with van der Waals surface area (Å²) >= 11 is 6.39. The van der Waals surface area contributed by atoms with Gasteiger partial charge in [-0.05, 0) is 105 Å². The summed E-state index contributed by atoms with van der Waals surface area (Å²) < 4.78 is 35.3. The number of hydrogen-bond donors (Lipinski definition) is 3. The van der Waals surface area contributed by atoms with Gasteiger partial charge in [0.2, 0.25) is 10.0 Å². The molecule has 1 fully saturated rings. The summed E-state index contributed by atoms with van der Waals surface area (Å²) in [7, 11) is -3.94. The molecule has 2 heterocycles. The van der Waals surface area contributed by atoms with Crippen LogP contribution in [0.4, 0.5) is 5.69 Å². The Morgan fingerprint density at radius 2 is 2.00 bits per heavy atom. The lowest BCUT2D eigenvalue weighted by Gasteiger charge is -2.48. The topological polar surface area (TPSA) is 116 Å². The van der Waals surface area contributed by atoms with Crippen LogP contribution in [0.2, 0.25) is 5.02 Å². The quantitative estimate of drug-likeness (QED) is 0.411. The van der Waals surface area contributed by atoms with Gasteiger partial charge in [-0.1, -0.05) is 36.7 Å². The van der Waals surface area contributed by atoms with E-state index in [1.165, 1.54) is 11.1 Å². The number of allylic oxidation sites excluding steroid dienone is 1. The molecule has 4 aliphatic rings. The molecule has 2 bridgehead atoms. The zero-order chi connectivity index (χ0) is 30.4. The highest BCUT2D eigenvalue weighted by Gasteiger charge is 2.48. The number of sulfonamides is 1. The molecule has 3 N–H and O–H groups in total. The second-order valence-corrected chi connectivity index (χ2v) is 15.3. The van der Waals surface area contributed by atoms with Crippen molar-refractivity contribution in [1.82, 2.24) is 4.72 Å². The summed E-state index contributed by atoms with van der Waals surface area (Å²) in [6.45, 7) is 3.07. The van der Waals surface area contributed by atoms with Gasteiger partial charge in [-0.2, -0.15) is 0 Å². The normalized spacial score (nSPS) is 32.8. The average Bonchev–Trinajstić information content (AvgIpc) is 3.11. The number of rotatable bonds is 2. The van der Waals surface area contributed by atoms with Gasteiger partial charge in [0.25, 0.3) is 5.91 Å². The molecular weight excluding hydrogens is 588 g/mol. The lowest BCUT2D eigenvalue weighted by Crippen LogP contribution is -2.53. The van der Waals surface area contributed by atoms with Crippen LogP contribution in [0.5, 0.6) is 5.75 Å². The summed E-state index contributed by atoms with van der Waals surface area (Å²) in [5.74, 6) is -0.0677. The fourth-order valence-electron chi connectivity index (χ4n) is 7.70. The Labute approximate surface area is 259 Å². The number of anilines is 1. The number of amides is 1. The third kappa shape index (κ3) is 5.70. The molecule has 2 aromatic carbocycles. The predicted octanol–water partition coefficient (Wildman–Crippen LogP) is 4.75. The van der Waals surface area contributed by atoms with Crippen LogP contribution in [-0.2, 0) is 21.9 Å². The Balaban J connectivity index is 1.44. The van der Waals surface area contributed by atoms with Gasteiger partial charge in [0, 0.05) is 29.1 Å². The van der Waals surface area contributed by atoms with Gasteiger partial charge in [-0.15, -0.1) is 0 Å². The molecule has 232 valence electrons. The van der Waals surface area contributed by atoms with Crippen molar-refractivity contribution in [3.8, 4) is 5.75 Å². The third-order valence-corrected chi connectivity index (χ3v) is 12.4. The molecule has 0 aromatic heterocycles. The molecule has 43 heavy (non-hydrogen) atoms. The van der Waals surface area contributed by atoms with Crippen molar-refractivity contribution in [2.75, 3.05) is 31.2 Å². The number of carbonyl (C=O) groups is 1. The van der Waals surface area contributed by atoms with E-state index < -0.39 is 33.4 Å². The van der Waals surface area contributed by atoms with E-state index in [-0.39, 0.29) is 22.8 Å². The summed E-state index contributed by atoms with van der Waals surface area (Å²) in [5, 5.41) is 21.9. The number of aryl methyl sites for hydroxylation is 1. The Morgan fingerprint density at radius 1 is 1.16 bits per heavy atom. The van der Waals surface area contributed by atoms with Crippen molar-refractivity contribution < 1.29 is 28.2 Å². The first kappa shape index (κ1) is 30.4. The third-order valence-electron chi connectivity index (χ3n) is 10.3. The van der Waals surface area contributed by atoms with Crippen molar-refractivity contribution in [3.63, 3.8) is 0 Å². The molecule has 2 aliphatic heterocycles. The van der Waals surface area contributed by atoms with Gasteiger partial charge in [0.15, 0.2) is 0 Å². The maximum Gasteiger partial charge on any atom is 0.264 e. The van der Waals surface area contributed by atoms with Crippen LogP contribution in [-0.4, -0.2) is 61.7 Å². The zero-order valence-electron chi connectivity index (χ0n) is 24.6. The van der Waals surface area contributed by atoms with Crippen LogP contribution in [0.25, 0.3) is 0 Å². The SMILES string of the molecule is CC[C@@H]1CC/C=C/[C@](O)(CO)[C@@H]2CC[C@H]2CN2C[C@@]3(CCCc4cc(Cl)ccc43)COc3ccc(cc32)C(=O)NS1(=O)=O. The van der Waals surface area contributed by atoms with Gasteiger partial charge in [-0.25, -0.2) is 13.1 Å². The minimum absolute atomic E-state index is 0.104. The number of carbonyl (C=O) groups excluding carboxylic acids is 1. The maximum atomic E-state index is 13.4. The number of fused-ring (bicyclic) bond motifs is 4. The van der Waals surface area contributed by atoms with Crippen LogP contribution in [0.1, 0.15) is 73.4 Å². The van der Waals surface area contributed by atoms with E-state index in [1.807, 2.05) is 12.1 Å². The number of ether oxygens (including phenoxy) is 1. The minimum atomic E-state index is -3.94. The molecule has 0 saturated heterocycles. The van der Waals surface area contributed by atoms with E-state index in [9.17, 15) is 23.4 Å². The predicted molar refractivity (Wildman–Crippen MR) is 167 cm³/mol. The largest absolute Gasteiger partial charge is 0.490 e. The zero-order valence-corrected chi connectivity index (χ0v) is 26.2. The van der Waals surface area contributed by atoms with E-state index in [0.29, 0.717) is 49.7 Å². The van der Waals surface area contributed by atoms with Crippen molar-refractivity contribution >= 4 is 33.2 Å². The Bertz CT molecular complexity index is 1530. The maximum absolute atomic E-state index is 13.4. The summed E-state index contributed by atoms with van der Waals surface area (Å²) in [4.78, 5) is 15.6. The Hall–Kier alpha value is -2.59. The number of benzene rings is 2. The molecule has 2 aromatic rings. The van der Waals surface area contributed by atoms with Crippen LogP contribution >= 0.6 is 11.6 Å². The van der Waals surface area contributed by atoms with Crippen molar-refractivity contribution in [2.24, 2.45) is 11.8 Å². The molecule has 10 heteroatoms. The average molecular weight is 629 g/mol. The molecule has 5 atom stereocenters. The molecule has 1 amide bonds. The molecule has 0 radical (unpaired) electrons. The van der Waals surface area contributed by atoms with E-state index in [0.717, 1.165) is 37.8 Å². The van der Waals surface area contributed by atoms with E-state index in [4.69, 9.17) is 16.3 Å². The summed E-state index contributed by atoms with van der Waals surface area (Å²) in [6, 6.07) is 11.2. The lowest BCUT2D eigenvalue weighted by molar-refractivity contribution is -0.0769. The van der Waals surface area contributed by atoms with Gasteiger partial charge in [0.1, 0.15) is 11.4 Å². The molecule has 0 unspecified atom stereocenters. The van der Waals surface area contributed by atoms with E-state index in [2.05, 4.69) is 15.7 Å². The minimum Gasteiger partial charge on any atom is -0.490 e. The van der Waals surface area contributed by atoms with Crippen molar-refractivity contribution in [2.45, 2.75) is 74.6 Å². The van der Waals surface area contributed by atoms with Crippen LogP contribution in [0.3, 0.4) is 0 Å². The smallest absolute Gasteiger partial charge is 0.264 e. The molecule has 2 aliphatic carbocycles. The number of nitrogens with one attached hydrogen (secondary N) is 1. The molecule has 8 nitrogen and oxygen atoms in total. The molecular formula is C33H41ClN2O6S. The number of nitrogens with zero attached hydrogens (tertiary/aromatic N) is 1. The Kier molecular flexibility index (Phi) is 8.30. The van der Waals surface area contributed by atoms with Crippen molar-refractivity contribution in [1.29, 1.82) is 0 Å². The highest BCUT2D eigenvalue weighted by molar-refractivity contribution is 7.90. The fourth-order valence-corrected chi connectivity index (χ4v) is 9.32. The first-order valence-electron chi connectivity index (χ1n) is 15.4. The number of halogens is 1. The number of aliphatic hydroxyl groups excluding tert-OH is 1. The van der Waals surface area contributed by atoms with Crippen LogP contribution in [0.15, 0.2) is 48.6 Å². The fraction of sp³-hybridized carbons (Fsp3) is 0.545. The standard InChI is InChI=1S/C33H41ClN2O6S/c1-2-26-7-3-4-15-33(39,20-37)28-11-8-24(28)18-36-19-32(14-5-6-22-16-25(34)10-12-27(22)32)21-42-30-13-9-23(17-29(30)36)31(38)35-43(26,40)41/h4,9-10,12-13,15-17,24,26,28,37,39H,2-3,5-8,11,14,18-21H2,1H3,(H,35,38)/b15-4+/t24-,26+,28+,32-,33-/m0/s1. The van der Waals surface area contributed by atoms with Gasteiger partial charge >= 0.3 is 0 Å². The second-order valence-electron chi connectivity index (χ2n) is 12.9. The lowest BCUT2D eigenvalue weighted by atomic mass is 9.64. The summed E-state index contributed by atoms with van der Waals surface area (Å²) in [5.41, 5.74) is 1.72. The highest BCUT2D eigenvalue weighted by atomic mass is 35.5. The van der Waals surface area contributed by atoms with Crippen LogP contribution < -0.4 is 14.4 Å². The molecule has 1 spiro atoms. The van der Waals surface area contributed by atoms with Crippen LogP contribution in [0, 0.1) is 11.8 Å². The van der Waals surface area contributed by atoms with E-state index >= 15 is 0 Å². The first-order valence-corrected chi connectivity index (χ1v) is 17.4. The van der Waals surface area contributed by atoms with Gasteiger partial charge < -0.3 is 19.8 Å². The van der Waals surface area contributed by atoms with E-state index in [1.54, 1.807) is 37.3 Å². The molecule has 1 saturated carbocycles. The van der Waals surface area contributed by atoms with Gasteiger partial charge in [0.05, 0.1) is 24.2 Å². The van der Waals surface area contributed by atoms with Crippen molar-refractivity contribution in [3.05, 3.63) is 70.3 Å². The summed E-state index contributed by atoms with van der Waals surface area (Å²) in [6.07, 6.45) is 9.03. The number of hydrogen-bond acceptors (Lipinski definition) is 7. The molecule has 6 rings (SSSR count). The number of aliphatic hydroxyl groups is 2.